The standard InChI is InChI=1S/C7H11N/c8-7-3-5(7)6(7)4-1-2-4/h4-6H,1-3,8H2/t5?,6?,7-/m1/s1. The molecule has 44 valence electrons. The molecule has 1 nitrogen and oxygen atoms in total. The summed E-state index contributed by atoms with van der Waals surface area (Å²) in [4.78, 5) is 0. The van der Waals surface area contributed by atoms with Gasteiger partial charge in [-0.05, 0) is 37.0 Å². The van der Waals surface area contributed by atoms with Crippen LogP contribution in [0.5, 0.6) is 0 Å². The normalized spacial score (nSPS) is 67.1. The minimum Gasteiger partial charge on any atom is -0.325 e. The van der Waals surface area contributed by atoms with Crippen molar-refractivity contribution in [3.63, 3.8) is 0 Å². The lowest BCUT2D eigenvalue weighted by molar-refractivity contribution is 0.507. The van der Waals surface area contributed by atoms with Crippen molar-refractivity contribution in [3.8, 4) is 0 Å². The lowest BCUT2D eigenvalue weighted by Gasteiger charge is -2.02. The van der Waals surface area contributed by atoms with Crippen molar-refractivity contribution >= 4 is 0 Å². The van der Waals surface area contributed by atoms with Crippen LogP contribution in [0.3, 0.4) is 0 Å². The van der Waals surface area contributed by atoms with E-state index in [0.717, 1.165) is 17.8 Å². The molecule has 3 aliphatic carbocycles. The van der Waals surface area contributed by atoms with E-state index in [1.54, 1.807) is 0 Å². The maximum atomic E-state index is 5.92. The lowest BCUT2D eigenvalue weighted by atomic mass is 10.1. The molecule has 3 atom stereocenters. The molecule has 1 heteroatoms. The van der Waals surface area contributed by atoms with Gasteiger partial charge >= 0.3 is 0 Å². The van der Waals surface area contributed by atoms with Gasteiger partial charge in [-0.3, -0.25) is 0 Å². The fourth-order valence-electron chi connectivity index (χ4n) is 2.22. The average molecular weight is 109 g/mol. The fourth-order valence-corrected chi connectivity index (χ4v) is 2.22. The van der Waals surface area contributed by atoms with Crippen LogP contribution in [0.25, 0.3) is 0 Å². The summed E-state index contributed by atoms with van der Waals surface area (Å²) in [5.74, 6) is 3.08. The van der Waals surface area contributed by atoms with E-state index in [9.17, 15) is 0 Å². The Morgan fingerprint density at radius 1 is 1.38 bits per heavy atom. The van der Waals surface area contributed by atoms with Gasteiger partial charge in [0.25, 0.3) is 0 Å². The zero-order chi connectivity index (χ0) is 5.35. The lowest BCUT2D eigenvalue weighted by Crippen LogP contribution is -2.17. The first-order valence-corrected chi connectivity index (χ1v) is 3.61. The fraction of sp³-hybridized carbons (Fsp3) is 1.00. The Kier molecular flexibility index (Phi) is 0.372. The van der Waals surface area contributed by atoms with Gasteiger partial charge in [0.15, 0.2) is 0 Å². The number of nitrogens with two attached hydrogens (primary N) is 1. The number of rotatable bonds is 1. The quantitative estimate of drug-likeness (QED) is 0.528. The average Bonchev–Trinajstić information content (AvgIpc) is 2.35. The minimum absolute atomic E-state index is 0.418. The molecule has 0 aromatic rings. The highest BCUT2D eigenvalue weighted by Crippen LogP contribution is 2.76. The molecule has 2 N–H and O–H groups in total. The molecule has 2 unspecified atom stereocenters. The van der Waals surface area contributed by atoms with Crippen molar-refractivity contribution in [1.29, 1.82) is 0 Å². The van der Waals surface area contributed by atoms with Gasteiger partial charge in [-0.1, -0.05) is 0 Å². The van der Waals surface area contributed by atoms with E-state index < -0.39 is 0 Å². The molecule has 0 aromatic carbocycles. The largest absolute Gasteiger partial charge is 0.325 e. The van der Waals surface area contributed by atoms with Crippen molar-refractivity contribution in [2.45, 2.75) is 24.8 Å². The molecule has 3 rings (SSSR count). The maximum Gasteiger partial charge on any atom is 0.0225 e. The monoisotopic (exact) mass is 109 g/mol. The van der Waals surface area contributed by atoms with E-state index in [1.807, 2.05) is 0 Å². The summed E-state index contributed by atoms with van der Waals surface area (Å²) in [6.45, 7) is 0. The summed E-state index contributed by atoms with van der Waals surface area (Å²) < 4.78 is 0. The maximum absolute atomic E-state index is 5.92. The molecule has 0 amide bonds. The van der Waals surface area contributed by atoms with Gasteiger partial charge in [0.1, 0.15) is 0 Å². The predicted octanol–water partition coefficient (Wildman–Crippen LogP) is 0.744. The first kappa shape index (κ1) is 3.89. The van der Waals surface area contributed by atoms with E-state index >= 15 is 0 Å². The highest BCUT2D eigenvalue weighted by molar-refractivity contribution is 5.33. The van der Waals surface area contributed by atoms with Crippen LogP contribution in [0, 0.1) is 17.8 Å². The molecule has 0 spiro atoms. The van der Waals surface area contributed by atoms with Crippen LogP contribution in [0.15, 0.2) is 0 Å². The van der Waals surface area contributed by atoms with Crippen LogP contribution < -0.4 is 5.73 Å². The predicted molar refractivity (Wildman–Crippen MR) is 31.2 cm³/mol. The third-order valence-electron chi connectivity index (χ3n) is 3.18. The highest BCUT2D eigenvalue weighted by Gasteiger charge is 2.79. The zero-order valence-electron chi connectivity index (χ0n) is 4.93. The molecule has 8 heavy (non-hydrogen) atoms. The van der Waals surface area contributed by atoms with Crippen molar-refractivity contribution in [2.24, 2.45) is 23.5 Å². The van der Waals surface area contributed by atoms with Gasteiger partial charge in [-0.2, -0.15) is 0 Å². The van der Waals surface area contributed by atoms with Crippen LogP contribution in [0.4, 0.5) is 0 Å². The number of hydrogen-bond donors (Lipinski definition) is 1. The summed E-state index contributed by atoms with van der Waals surface area (Å²) in [5, 5.41) is 0. The van der Waals surface area contributed by atoms with Gasteiger partial charge in [0.2, 0.25) is 0 Å². The van der Waals surface area contributed by atoms with Gasteiger partial charge < -0.3 is 5.73 Å². The second kappa shape index (κ2) is 0.766. The Morgan fingerprint density at radius 2 is 2.00 bits per heavy atom. The van der Waals surface area contributed by atoms with E-state index in [1.165, 1.54) is 19.3 Å². The van der Waals surface area contributed by atoms with Crippen LogP contribution >= 0.6 is 0 Å². The first-order valence-electron chi connectivity index (χ1n) is 3.61. The Labute approximate surface area is 49.3 Å². The first-order chi connectivity index (χ1) is 3.82. The molecule has 0 heterocycles. The molecule has 0 aromatic heterocycles. The molecule has 3 saturated carbocycles. The van der Waals surface area contributed by atoms with Crippen LogP contribution in [-0.4, -0.2) is 5.54 Å². The van der Waals surface area contributed by atoms with Crippen molar-refractivity contribution in [2.75, 3.05) is 0 Å². The molecule has 0 bridgehead atoms. The summed E-state index contributed by atoms with van der Waals surface area (Å²) >= 11 is 0. The second-order valence-corrected chi connectivity index (χ2v) is 3.79. The second-order valence-electron chi connectivity index (χ2n) is 3.79. The van der Waals surface area contributed by atoms with E-state index in [2.05, 4.69) is 0 Å². The van der Waals surface area contributed by atoms with Crippen LogP contribution in [-0.2, 0) is 0 Å². The Bertz CT molecular complexity index is 148. The zero-order valence-corrected chi connectivity index (χ0v) is 4.93. The summed E-state index contributed by atoms with van der Waals surface area (Å²) in [6, 6.07) is 0. The molecule has 3 aliphatic rings. The van der Waals surface area contributed by atoms with Gasteiger partial charge in [-0.25, -0.2) is 0 Å². The Balaban J connectivity index is 1.81. The SMILES string of the molecule is N[C@]12CC1C2C1CC1. The van der Waals surface area contributed by atoms with Crippen molar-refractivity contribution in [3.05, 3.63) is 0 Å². The molecular weight excluding hydrogens is 98.1 g/mol. The van der Waals surface area contributed by atoms with E-state index in [4.69, 9.17) is 5.73 Å². The van der Waals surface area contributed by atoms with Crippen LogP contribution in [0.2, 0.25) is 0 Å². The molecule has 0 saturated heterocycles. The summed E-state index contributed by atoms with van der Waals surface area (Å²) in [7, 11) is 0. The van der Waals surface area contributed by atoms with Crippen molar-refractivity contribution in [1.82, 2.24) is 0 Å². The van der Waals surface area contributed by atoms with Crippen LogP contribution in [0.1, 0.15) is 19.3 Å². The summed E-state index contributed by atoms with van der Waals surface area (Å²) in [5.41, 5.74) is 6.34. The van der Waals surface area contributed by atoms with Gasteiger partial charge in [-0.15, -0.1) is 0 Å². The number of hydrogen-bond acceptors (Lipinski definition) is 1. The highest BCUT2D eigenvalue weighted by atomic mass is 15.0. The Hall–Kier alpha value is -0.0400. The summed E-state index contributed by atoms with van der Waals surface area (Å²) in [6.07, 6.45) is 4.33. The molecule has 0 radical (unpaired) electrons. The topological polar surface area (TPSA) is 26.0 Å². The van der Waals surface area contributed by atoms with E-state index in [-0.39, 0.29) is 0 Å². The minimum atomic E-state index is 0.418. The van der Waals surface area contributed by atoms with E-state index in [0.29, 0.717) is 5.54 Å². The van der Waals surface area contributed by atoms with Crippen molar-refractivity contribution < 1.29 is 0 Å². The third-order valence-corrected chi connectivity index (χ3v) is 3.18. The molecule has 3 fully saturated rings. The molecular formula is C7H11N. The number of fused-ring (bicyclic) bond motifs is 1. The smallest absolute Gasteiger partial charge is 0.0225 e. The third kappa shape index (κ3) is 0.255. The van der Waals surface area contributed by atoms with Gasteiger partial charge in [0.05, 0.1) is 0 Å². The molecule has 0 aliphatic heterocycles. The Morgan fingerprint density at radius 3 is 2.12 bits per heavy atom. The van der Waals surface area contributed by atoms with Gasteiger partial charge in [0, 0.05) is 5.54 Å².